The maximum Gasteiger partial charge on any atom is 0.573 e. The fourth-order valence-electron chi connectivity index (χ4n) is 1.83. The third-order valence-electron chi connectivity index (χ3n) is 3.10. The Bertz CT molecular complexity index is 467. The summed E-state index contributed by atoms with van der Waals surface area (Å²) in [5.74, 6) is 0.604. The summed E-state index contributed by atoms with van der Waals surface area (Å²) in [5, 5.41) is 2.83. The van der Waals surface area contributed by atoms with Crippen LogP contribution in [0.2, 0.25) is 0 Å². The molecule has 1 aliphatic carbocycles. The lowest BCUT2D eigenvalue weighted by Gasteiger charge is -2.23. The van der Waals surface area contributed by atoms with E-state index in [9.17, 15) is 13.2 Å². The summed E-state index contributed by atoms with van der Waals surface area (Å²) in [7, 11) is 0. The average molecular weight is 287 g/mol. The number of ether oxygens (including phenoxy) is 1. The van der Waals surface area contributed by atoms with E-state index in [1.165, 1.54) is 43.5 Å². The van der Waals surface area contributed by atoms with Crippen LogP contribution in [-0.2, 0) is 0 Å². The average Bonchev–Trinajstić information content (AvgIpc) is 2.28. The summed E-state index contributed by atoms with van der Waals surface area (Å²) in [6, 6.07) is 5.34. The third-order valence-corrected chi connectivity index (χ3v) is 3.10. The number of nitrogens with one attached hydrogen (secondary N) is 1. The molecule has 1 fully saturated rings. The quantitative estimate of drug-likeness (QED) is 0.660. The van der Waals surface area contributed by atoms with Gasteiger partial charge in [-0.05, 0) is 43.0 Å². The highest BCUT2D eigenvalue weighted by Crippen LogP contribution is 2.26. The van der Waals surface area contributed by atoms with Crippen LogP contribution in [0.4, 0.5) is 18.9 Å². The van der Waals surface area contributed by atoms with Crippen LogP contribution in [0.1, 0.15) is 19.3 Å². The molecule has 1 aromatic carbocycles. The topological polar surface area (TPSA) is 59.6 Å². The summed E-state index contributed by atoms with van der Waals surface area (Å²) in [6.45, 7) is 0.689. The van der Waals surface area contributed by atoms with Gasteiger partial charge < -0.3 is 15.8 Å². The molecule has 20 heavy (non-hydrogen) atoms. The van der Waals surface area contributed by atoms with Crippen molar-refractivity contribution in [2.75, 3.05) is 11.9 Å². The summed E-state index contributed by atoms with van der Waals surface area (Å²) in [4.78, 5) is 4.20. The number of alkyl halides is 3. The number of aliphatic imine (C=N–C) groups is 1. The third kappa shape index (κ3) is 4.64. The molecule has 1 aliphatic rings. The van der Waals surface area contributed by atoms with Crippen LogP contribution in [-0.4, -0.2) is 18.9 Å². The Hall–Kier alpha value is -1.92. The zero-order valence-corrected chi connectivity index (χ0v) is 10.8. The number of halogens is 3. The first-order chi connectivity index (χ1) is 9.42. The Kier molecular flexibility index (Phi) is 4.36. The second-order valence-electron chi connectivity index (χ2n) is 4.72. The normalized spacial score (nSPS) is 16.6. The number of guanidine groups is 1. The van der Waals surface area contributed by atoms with Crippen molar-refractivity contribution in [3.63, 3.8) is 0 Å². The van der Waals surface area contributed by atoms with Gasteiger partial charge in [-0.1, -0.05) is 6.42 Å². The van der Waals surface area contributed by atoms with E-state index in [2.05, 4.69) is 15.0 Å². The van der Waals surface area contributed by atoms with E-state index in [1.54, 1.807) is 0 Å². The van der Waals surface area contributed by atoms with Crippen molar-refractivity contribution in [2.45, 2.75) is 25.6 Å². The van der Waals surface area contributed by atoms with Crippen molar-refractivity contribution in [2.24, 2.45) is 16.6 Å². The van der Waals surface area contributed by atoms with Crippen molar-refractivity contribution in [1.29, 1.82) is 0 Å². The standard InChI is InChI=1S/C13H16F3N3O/c14-13(15,16)20-11-6-4-10(5-7-11)19-12(17)18-8-9-2-1-3-9/h4-7,9H,1-3,8H2,(H3,17,18,19). The molecule has 0 aliphatic heterocycles. The number of hydrogen-bond acceptors (Lipinski definition) is 2. The SMILES string of the molecule is NC(=NCC1CCC1)Nc1ccc(OC(F)(F)F)cc1. The van der Waals surface area contributed by atoms with Crippen LogP contribution in [0.3, 0.4) is 0 Å². The Morgan fingerprint density at radius 3 is 2.45 bits per heavy atom. The molecule has 0 unspecified atom stereocenters. The van der Waals surface area contributed by atoms with Gasteiger partial charge in [-0.25, -0.2) is 0 Å². The lowest BCUT2D eigenvalue weighted by atomic mass is 9.86. The van der Waals surface area contributed by atoms with E-state index in [0.29, 0.717) is 18.2 Å². The molecule has 0 spiro atoms. The smallest absolute Gasteiger partial charge is 0.406 e. The molecule has 7 heteroatoms. The fourth-order valence-corrected chi connectivity index (χ4v) is 1.83. The minimum absolute atomic E-state index is 0.265. The molecule has 0 atom stereocenters. The fraction of sp³-hybridized carbons (Fsp3) is 0.462. The summed E-state index contributed by atoms with van der Waals surface area (Å²) >= 11 is 0. The molecular formula is C13H16F3N3O. The zero-order chi connectivity index (χ0) is 14.6. The van der Waals surface area contributed by atoms with Crippen LogP contribution in [0, 0.1) is 5.92 Å². The molecule has 110 valence electrons. The predicted molar refractivity (Wildman–Crippen MR) is 70.6 cm³/mol. The first-order valence-corrected chi connectivity index (χ1v) is 6.35. The van der Waals surface area contributed by atoms with Crippen LogP contribution in [0.15, 0.2) is 29.3 Å². The van der Waals surface area contributed by atoms with Gasteiger partial charge in [-0.2, -0.15) is 0 Å². The molecule has 3 N–H and O–H groups in total. The van der Waals surface area contributed by atoms with E-state index in [0.717, 1.165) is 0 Å². The highest BCUT2D eigenvalue weighted by atomic mass is 19.4. The summed E-state index contributed by atoms with van der Waals surface area (Å²) in [5.41, 5.74) is 6.26. The summed E-state index contributed by atoms with van der Waals surface area (Å²) in [6.07, 6.45) is -1.08. The Balaban J connectivity index is 1.86. The van der Waals surface area contributed by atoms with Crippen molar-refractivity contribution in [3.8, 4) is 5.75 Å². The number of anilines is 1. The van der Waals surface area contributed by atoms with Crippen molar-refractivity contribution in [3.05, 3.63) is 24.3 Å². The first kappa shape index (κ1) is 14.5. The Labute approximate surface area is 114 Å². The lowest BCUT2D eigenvalue weighted by molar-refractivity contribution is -0.274. The highest BCUT2D eigenvalue weighted by Gasteiger charge is 2.30. The van der Waals surface area contributed by atoms with Gasteiger partial charge in [0.2, 0.25) is 0 Å². The van der Waals surface area contributed by atoms with E-state index in [4.69, 9.17) is 5.73 Å². The molecule has 1 saturated carbocycles. The van der Waals surface area contributed by atoms with Crippen LogP contribution < -0.4 is 15.8 Å². The number of benzene rings is 1. The van der Waals surface area contributed by atoms with Crippen LogP contribution in [0.5, 0.6) is 5.75 Å². The second kappa shape index (κ2) is 6.02. The van der Waals surface area contributed by atoms with Crippen molar-refractivity contribution >= 4 is 11.6 Å². The number of hydrogen-bond donors (Lipinski definition) is 2. The highest BCUT2D eigenvalue weighted by molar-refractivity contribution is 5.92. The van der Waals surface area contributed by atoms with Gasteiger partial charge in [-0.15, -0.1) is 13.2 Å². The predicted octanol–water partition coefficient (Wildman–Crippen LogP) is 3.11. The largest absolute Gasteiger partial charge is 0.573 e. The van der Waals surface area contributed by atoms with E-state index >= 15 is 0 Å². The minimum Gasteiger partial charge on any atom is -0.406 e. The molecule has 1 aromatic rings. The first-order valence-electron chi connectivity index (χ1n) is 6.35. The maximum atomic E-state index is 12.0. The molecular weight excluding hydrogens is 271 g/mol. The number of nitrogens with two attached hydrogens (primary N) is 1. The summed E-state index contributed by atoms with van der Waals surface area (Å²) < 4.78 is 39.7. The molecule has 4 nitrogen and oxygen atoms in total. The van der Waals surface area contributed by atoms with Gasteiger partial charge in [0.15, 0.2) is 5.96 Å². The van der Waals surface area contributed by atoms with Gasteiger partial charge in [0.1, 0.15) is 5.75 Å². The molecule has 0 radical (unpaired) electrons. The number of rotatable bonds is 4. The van der Waals surface area contributed by atoms with Gasteiger partial charge >= 0.3 is 6.36 Å². The number of nitrogens with zero attached hydrogens (tertiary/aromatic N) is 1. The molecule has 0 aromatic heterocycles. The van der Waals surface area contributed by atoms with Crippen LogP contribution >= 0.6 is 0 Å². The molecule has 2 rings (SSSR count). The Morgan fingerprint density at radius 2 is 1.95 bits per heavy atom. The molecule has 0 amide bonds. The minimum atomic E-state index is -4.68. The molecule has 0 bridgehead atoms. The van der Waals surface area contributed by atoms with Gasteiger partial charge in [0.25, 0.3) is 0 Å². The Morgan fingerprint density at radius 1 is 1.30 bits per heavy atom. The van der Waals surface area contributed by atoms with Gasteiger partial charge in [0, 0.05) is 12.2 Å². The van der Waals surface area contributed by atoms with E-state index < -0.39 is 6.36 Å². The zero-order valence-electron chi connectivity index (χ0n) is 10.8. The van der Waals surface area contributed by atoms with Crippen molar-refractivity contribution in [1.82, 2.24) is 0 Å². The molecule has 0 saturated heterocycles. The van der Waals surface area contributed by atoms with Crippen LogP contribution in [0.25, 0.3) is 0 Å². The van der Waals surface area contributed by atoms with Gasteiger partial charge in [-0.3, -0.25) is 4.99 Å². The van der Waals surface area contributed by atoms with E-state index in [-0.39, 0.29) is 11.7 Å². The second-order valence-corrected chi connectivity index (χ2v) is 4.72. The van der Waals surface area contributed by atoms with Crippen molar-refractivity contribution < 1.29 is 17.9 Å². The lowest BCUT2D eigenvalue weighted by Crippen LogP contribution is -2.25. The van der Waals surface area contributed by atoms with Gasteiger partial charge in [0.05, 0.1) is 0 Å². The van der Waals surface area contributed by atoms with E-state index in [1.807, 2.05) is 0 Å². The monoisotopic (exact) mass is 287 g/mol. The molecule has 0 heterocycles. The maximum absolute atomic E-state index is 12.0.